The maximum Gasteiger partial charge on any atom is 0.339 e. The van der Waals surface area contributed by atoms with Crippen molar-refractivity contribution in [1.29, 1.82) is 0 Å². The number of rotatable bonds is 6. The third kappa shape index (κ3) is 4.76. The van der Waals surface area contributed by atoms with E-state index in [4.69, 9.17) is 4.74 Å². The number of hydrogen-bond acceptors (Lipinski definition) is 6. The van der Waals surface area contributed by atoms with Crippen molar-refractivity contribution in [1.82, 2.24) is 4.31 Å². The summed E-state index contributed by atoms with van der Waals surface area (Å²) >= 11 is 0. The molecular formula is C15H20N2O6S. The summed E-state index contributed by atoms with van der Waals surface area (Å²) in [4.78, 5) is 23.7. The molecule has 132 valence electrons. The second-order valence-corrected chi connectivity index (χ2v) is 7.25. The molecule has 0 atom stereocenters. The average molecular weight is 356 g/mol. The quantitative estimate of drug-likeness (QED) is 0.743. The van der Waals surface area contributed by atoms with E-state index in [2.05, 4.69) is 10.1 Å². The molecule has 1 saturated heterocycles. The molecule has 0 saturated carbocycles. The molecule has 1 heterocycles. The number of benzene rings is 1. The molecule has 0 bridgehead atoms. The lowest BCUT2D eigenvalue weighted by Crippen LogP contribution is -2.42. The van der Waals surface area contributed by atoms with Gasteiger partial charge < -0.3 is 14.8 Å². The van der Waals surface area contributed by atoms with E-state index >= 15 is 0 Å². The Labute approximate surface area is 140 Å². The summed E-state index contributed by atoms with van der Waals surface area (Å²) in [5.74, 6) is -1.35. The van der Waals surface area contributed by atoms with Crippen molar-refractivity contribution in [3.05, 3.63) is 29.8 Å². The molecule has 2 rings (SSSR count). The number of para-hydroxylation sites is 1. The summed E-state index contributed by atoms with van der Waals surface area (Å²) in [5.41, 5.74) is 0.502. The smallest absolute Gasteiger partial charge is 0.339 e. The summed E-state index contributed by atoms with van der Waals surface area (Å²) in [6.07, 6.45) is -0.199. The molecule has 1 aliphatic rings. The topological polar surface area (TPSA) is 102 Å². The van der Waals surface area contributed by atoms with Gasteiger partial charge >= 0.3 is 5.97 Å². The van der Waals surface area contributed by atoms with Crippen molar-refractivity contribution in [3.8, 4) is 0 Å². The summed E-state index contributed by atoms with van der Waals surface area (Å²) in [5, 5.41) is 2.55. The first-order valence-electron chi connectivity index (χ1n) is 7.47. The van der Waals surface area contributed by atoms with Gasteiger partial charge in [0, 0.05) is 19.5 Å². The molecule has 0 aromatic heterocycles. The molecule has 1 amide bonds. The van der Waals surface area contributed by atoms with Gasteiger partial charge in [-0.2, -0.15) is 4.31 Å². The van der Waals surface area contributed by atoms with E-state index in [1.165, 1.54) is 17.5 Å². The minimum Gasteiger partial charge on any atom is -0.465 e. The predicted octanol–water partition coefficient (Wildman–Crippen LogP) is 0.464. The molecule has 1 N–H and O–H groups in total. The normalized spacial score (nSPS) is 15.7. The van der Waals surface area contributed by atoms with Crippen molar-refractivity contribution in [3.63, 3.8) is 0 Å². The van der Waals surface area contributed by atoms with Crippen molar-refractivity contribution >= 4 is 27.6 Å². The largest absolute Gasteiger partial charge is 0.465 e. The number of nitrogens with one attached hydrogen (secondary N) is 1. The van der Waals surface area contributed by atoms with E-state index in [1.54, 1.807) is 18.2 Å². The second-order valence-electron chi connectivity index (χ2n) is 5.16. The number of carbonyl (C=O) groups is 2. The SMILES string of the molecule is COC(=O)c1ccccc1NC(=O)CCS(=O)(=O)N1CCOCC1. The van der Waals surface area contributed by atoms with Crippen LogP contribution in [-0.2, 0) is 24.3 Å². The zero-order valence-corrected chi connectivity index (χ0v) is 14.2. The maximum absolute atomic E-state index is 12.2. The zero-order valence-electron chi connectivity index (χ0n) is 13.4. The molecule has 8 nitrogen and oxygen atoms in total. The number of amides is 1. The Morgan fingerprint density at radius 1 is 1.25 bits per heavy atom. The number of nitrogens with zero attached hydrogens (tertiary/aromatic N) is 1. The van der Waals surface area contributed by atoms with Gasteiger partial charge in [-0.1, -0.05) is 12.1 Å². The molecule has 1 fully saturated rings. The molecule has 9 heteroatoms. The third-order valence-corrected chi connectivity index (χ3v) is 5.43. The number of carbonyl (C=O) groups excluding carboxylic acids is 2. The molecule has 1 aromatic carbocycles. The summed E-state index contributed by atoms with van der Waals surface area (Å²) < 4.78 is 35.4. The first-order valence-corrected chi connectivity index (χ1v) is 9.08. The Hall–Kier alpha value is -1.97. The number of hydrogen-bond donors (Lipinski definition) is 1. The van der Waals surface area contributed by atoms with E-state index in [-0.39, 0.29) is 23.4 Å². The van der Waals surface area contributed by atoms with Gasteiger partial charge in [-0.3, -0.25) is 4.79 Å². The van der Waals surface area contributed by atoms with Gasteiger partial charge in [-0.05, 0) is 12.1 Å². The summed E-state index contributed by atoms with van der Waals surface area (Å²) in [7, 11) is -2.26. The Bertz CT molecular complexity index is 698. The van der Waals surface area contributed by atoms with Crippen LogP contribution in [0.3, 0.4) is 0 Å². The van der Waals surface area contributed by atoms with Gasteiger partial charge in [0.25, 0.3) is 0 Å². The lowest BCUT2D eigenvalue weighted by molar-refractivity contribution is -0.115. The van der Waals surface area contributed by atoms with E-state index in [9.17, 15) is 18.0 Å². The predicted molar refractivity (Wildman–Crippen MR) is 87.2 cm³/mol. The van der Waals surface area contributed by atoms with Crippen LogP contribution in [0.2, 0.25) is 0 Å². The highest BCUT2D eigenvalue weighted by molar-refractivity contribution is 7.89. The number of sulfonamides is 1. The van der Waals surface area contributed by atoms with Crippen molar-refractivity contribution in [2.45, 2.75) is 6.42 Å². The highest BCUT2D eigenvalue weighted by atomic mass is 32.2. The fourth-order valence-corrected chi connectivity index (χ4v) is 3.68. The molecule has 0 aliphatic carbocycles. The minimum absolute atomic E-state index is 0.199. The molecule has 1 aliphatic heterocycles. The first kappa shape index (κ1) is 18.4. The monoisotopic (exact) mass is 356 g/mol. The molecule has 0 unspecified atom stereocenters. The highest BCUT2D eigenvalue weighted by Gasteiger charge is 2.25. The van der Waals surface area contributed by atoms with Crippen molar-refractivity contribution in [2.75, 3.05) is 44.5 Å². The van der Waals surface area contributed by atoms with Crippen molar-refractivity contribution < 1.29 is 27.5 Å². The second kappa shape index (κ2) is 8.22. The highest BCUT2D eigenvalue weighted by Crippen LogP contribution is 2.16. The Morgan fingerprint density at radius 2 is 1.92 bits per heavy atom. The van der Waals surface area contributed by atoms with Crippen molar-refractivity contribution in [2.24, 2.45) is 0 Å². The van der Waals surface area contributed by atoms with Crippen LogP contribution in [0.5, 0.6) is 0 Å². The van der Waals surface area contributed by atoms with Crippen LogP contribution in [0.25, 0.3) is 0 Å². The molecule has 0 spiro atoms. The fraction of sp³-hybridized carbons (Fsp3) is 0.467. The van der Waals surface area contributed by atoms with Gasteiger partial charge in [0.1, 0.15) is 0 Å². The first-order chi connectivity index (χ1) is 11.4. The average Bonchev–Trinajstić information content (AvgIpc) is 2.60. The Morgan fingerprint density at radius 3 is 2.58 bits per heavy atom. The number of ether oxygens (including phenoxy) is 2. The van der Waals surface area contributed by atoms with Gasteiger partial charge in [0.05, 0.1) is 37.3 Å². The standard InChI is InChI=1S/C15H20N2O6S/c1-22-15(19)12-4-2-3-5-13(12)16-14(18)6-11-24(20,21)17-7-9-23-10-8-17/h2-5H,6-11H2,1H3,(H,16,18). The molecule has 0 radical (unpaired) electrons. The van der Waals surface area contributed by atoms with Crippen LogP contribution in [0.15, 0.2) is 24.3 Å². The van der Waals surface area contributed by atoms with Crippen LogP contribution in [-0.4, -0.2) is 63.8 Å². The van der Waals surface area contributed by atoms with Crippen LogP contribution in [0.4, 0.5) is 5.69 Å². The van der Waals surface area contributed by atoms with E-state index in [0.717, 1.165) is 0 Å². The summed E-state index contributed by atoms with van der Waals surface area (Å²) in [6.45, 7) is 1.32. The Kier molecular flexibility index (Phi) is 6.29. The van der Waals surface area contributed by atoms with Gasteiger partial charge in [0.15, 0.2) is 0 Å². The number of methoxy groups -OCH3 is 1. The fourth-order valence-electron chi connectivity index (χ4n) is 2.27. The molecule has 24 heavy (non-hydrogen) atoms. The summed E-state index contributed by atoms with van der Waals surface area (Å²) in [6, 6.07) is 6.38. The number of morpholine rings is 1. The van der Waals surface area contributed by atoms with Crippen LogP contribution in [0.1, 0.15) is 16.8 Å². The van der Waals surface area contributed by atoms with Gasteiger partial charge in [-0.25, -0.2) is 13.2 Å². The molecular weight excluding hydrogens is 336 g/mol. The number of anilines is 1. The van der Waals surface area contributed by atoms with Crippen LogP contribution >= 0.6 is 0 Å². The lowest BCUT2D eigenvalue weighted by atomic mass is 10.2. The van der Waals surface area contributed by atoms with Gasteiger partial charge in [0.2, 0.25) is 15.9 Å². The van der Waals surface area contributed by atoms with Crippen LogP contribution < -0.4 is 5.32 Å². The lowest BCUT2D eigenvalue weighted by Gasteiger charge is -2.25. The molecule has 1 aromatic rings. The maximum atomic E-state index is 12.2. The minimum atomic E-state index is -3.50. The van der Waals surface area contributed by atoms with E-state index < -0.39 is 21.9 Å². The third-order valence-electron chi connectivity index (χ3n) is 3.56. The van der Waals surface area contributed by atoms with E-state index in [1.807, 2.05) is 0 Å². The Balaban J connectivity index is 1.95. The van der Waals surface area contributed by atoms with E-state index in [0.29, 0.717) is 26.3 Å². The van der Waals surface area contributed by atoms with Crippen LogP contribution in [0, 0.1) is 0 Å². The zero-order chi connectivity index (χ0) is 17.6. The number of esters is 1. The van der Waals surface area contributed by atoms with Gasteiger partial charge in [-0.15, -0.1) is 0 Å².